The number of furan rings is 1. The van der Waals surface area contributed by atoms with Crippen LogP contribution in [0.5, 0.6) is 0 Å². The molecule has 4 rings (SSSR count). The third-order valence-corrected chi connectivity index (χ3v) is 5.20. The molecule has 3 nitrogen and oxygen atoms in total. The third kappa shape index (κ3) is 3.81. The zero-order valence-electron chi connectivity index (χ0n) is 14.9. The molecule has 27 heavy (non-hydrogen) atoms. The predicted molar refractivity (Wildman–Crippen MR) is 105 cm³/mol. The van der Waals surface area contributed by atoms with Crippen LogP contribution in [0.15, 0.2) is 52.9 Å². The van der Waals surface area contributed by atoms with Crippen molar-refractivity contribution in [3.63, 3.8) is 0 Å². The number of benzene rings is 2. The van der Waals surface area contributed by atoms with Crippen molar-refractivity contribution in [1.29, 1.82) is 0 Å². The fourth-order valence-corrected chi connectivity index (χ4v) is 3.55. The number of rotatable bonds is 5. The smallest absolute Gasteiger partial charge is 0.170 e. The summed E-state index contributed by atoms with van der Waals surface area (Å²) in [5, 5.41) is 4.76. The lowest BCUT2D eigenvalue weighted by atomic mass is 10.2. The summed E-state index contributed by atoms with van der Waals surface area (Å²) in [5.41, 5.74) is 0.865. The number of fused-ring (bicyclic) bond motifs is 1. The Balaban J connectivity index is 1.50. The lowest BCUT2D eigenvalue weighted by Gasteiger charge is -2.28. The van der Waals surface area contributed by atoms with E-state index >= 15 is 0 Å². The number of para-hydroxylation sites is 1. The van der Waals surface area contributed by atoms with Crippen LogP contribution in [0.1, 0.15) is 37.1 Å². The molecule has 0 bridgehead atoms. The zero-order valence-corrected chi connectivity index (χ0v) is 15.7. The van der Waals surface area contributed by atoms with Gasteiger partial charge in [0, 0.05) is 17.0 Å². The van der Waals surface area contributed by atoms with E-state index in [1.807, 2.05) is 42.2 Å². The molecular weight excluding hydrogens is 366 g/mol. The van der Waals surface area contributed by atoms with Gasteiger partial charge in [0.2, 0.25) is 0 Å². The highest BCUT2D eigenvalue weighted by Gasteiger charge is 2.32. The lowest BCUT2D eigenvalue weighted by Crippen LogP contribution is -2.42. The highest BCUT2D eigenvalue weighted by Crippen LogP contribution is 2.30. The molecule has 2 aromatic carbocycles. The van der Waals surface area contributed by atoms with Gasteiger partial charge in [-0.1, -0.05) is 24.3 Å². The first kappa shape index (κ1) is 17.9. The van der Waals surface area contributed by atoms with Crippen molar-refractivity contribution >= 4 is 28.3 Å². The van der Waals surface area contributed by atoms with Crippen LogP contribution in [0.4, 0.5) is 8.78 Å². The average molecular weight is 386 g/mol. The van der Waals surface area contributed by atoms with Crippen molar-refractivity contribution in [2.75, 3.05) is 0 Å². The second-order valence-corrected chi connectivity index (χ2v) is 7.30. The number of nitrogens with zero attached hydrogens (tertiary/aromatic N) is 1. The zero-order chi connectivity index (χ0) is 19.0. The molecule has 140 valence electrons. The number of hydrogen-bond acceptors (Lipinski definition) is 2. The monoisotopic (exact) mass is 386 g/mol. The Morgan fingerprint density at radius 2 is 1.89 bits per heavy atom. The molecule has 1 aliphatic rings. The van der Waals surface area contributed by atoms with E-state index in [4.69, 9.17) is 16.6 Å². The quantitative estimate of drug-likeness (QED) is 0.602. The molecular formula is C21H20F2N2OS. The molecule has 0 radical (unpaired) electrons. The van der Waals surface area contributed by atoms with Crippen molar-refractivity contribution in [3.05, 3.63) is 71.5 Å². The van der Waals surface area contributed by atoms with Gasteiger partial charge in [-0.2, -0.15) is 0 Å². The van der Waals surface area contributed by atoms with Gasteiger partial charge in [0.15, 0.2) is 5.11 Å². The van der Waals surface area contributed by atoms with Crippen LogP contribution in [-0.2, 0) is 6.54 Å². The molecule has 3 aromatic rings. The molecule has 6 heteroatoms. The SMILES string of the molecule is C[C@H](NC(=S)N(Cc1c(F)cccc1F)C1CC1)c1cc2ccccc2o1. The minimum absolute atomic E-state index is 0.0462. The topological polar surface area (TPSA) is 28.4 Å². The van der Waals surface area contributed by atoms with Gasteiger partial charge in [-0.15, -0.1) is 0 Å². The number of hydrogen-bond donors (Lipinski definition) is 1. The molecule has 1 aliphatic carbocycles. The van der Waals surface area contributed by atoms with E-state index in [0.717, 1.165) is 29.6 Å². The number of halogens is 2. The molecule has 0 aliphatic heterocycles. The Morgan fingerprint density at radius 3 is 2.56 bits per heavy atom. The Bertz CT molecular complexity index is 930. The van der Waals surface area contributed by atoms with Crippen molar-refractivity contribution in [3.8, 4) is 0 Å². The lowest BCUT2D eigenvalue weighted by molar-refractivity contribution is 0.368. The average Bonchev–Trinajstić information content (AvgIpc) is 3.38. The fourth-order valence-electron chi connectivity index (χ4n) is 3.16. The van der Waals surface area contributed by atoms with Gasteiger partial charge in [0.25, 0.3) is 0 Å². The van der Waals surface area contributed by atoms with Crippen molar-refractivity contribution < 1.29 is 13.2 Å². The van der Waals surface area contributed by atoms with Gasteiger partial charge >= 0.3 is 0 Å². The second-order valence-electron chi connectivity index (χ2n) is 6.92. The van der Waals surface area contributed by atoms with Crippen LogP contribution in [0, 0.1) is 11.6 Å². The van der Waals surface area contributed by atoms with E-state index in [2.05, 4.69) is 5.32 Å². The highest BCUT2D eigenvalue weighted by molar-refractivity contribution is 7.80. The van der Waals surface area contributed by atoms with E-state index < -0.39 is 11.6 Å². The molecule has 1 heterocycles. The van der Waals surface area contributed by atoms with Crippen molar-refractivity contribution in [1.82, 2.24) is 10.2 Å². The largest absolute Gasteiger partial charge is 0.459 e. The van der Waals surface area contributed by atoms with Crippen LogP contribution in [0.2, 0.25) is 0 Å². The van der Waals surface area contributed by atoms with E-state index in [9.17, 15) is 8.78 Å². The first-order chi connectivity index (χ1) is 13.0. The molecule has 1 saturated carbocycles. The van der Waals surface area contributed by atoms with Crippen LogP contribution in [0.25, 0.3) is 11.0 Å². The summed E-state index contributed by atoms with van der Waals surface area (Å²) >= 11 is 5.56. The van der Waals surface area contributed by atoms with Crippen LogP contribution in [-0.4, -0.2) is 16.1 Å². The van der Waals surface area contributed by atoms with Crippen molar-refractivity contribution in [2.45, 2.75) is 38.4 Å². The van der Waals surface area contributed by atoms with E-state index in [1.165, 1.54) is 18.2 Å². The van der Waals surface area contributed by atoms with Gasteiger partial charge in [-0.3, -0.25) is 0 Å². The summed E-state index contributed by atoms with van der Waals surface area (Å²) in [4.78, 5) is 1.87. The first-order valence-corrected chi connectivity index (χ1v) is 9.42. The summed E-state index contributed by atoms with van der Waals surface area (Å²) in [6.07, 6.45) is 1.94. The molecule has 0 unspecified atom stereocenters. The van der Waals surface area contributed by atoms with Gasteiger partial charge in [-0.05, 0) is 56.2 Å². The second kappa shape index (κ2) is 7.27. The first-order valence-electron chi connectivity index (χ1n) is 9.01. The fraction of sp³-hybridized carbons (Fsp3) is 0.286. The summed E-state index contributed by atoms with van der Waals surface area (Å²) < 4.78 is 34.0. The maximum atomic E-state index is 14.1. The van der Waals surface area contributed by atoms with Crippen LogP contribution < -0.4 is 5.32 Å². The Hall–Kier alpha value is -2.47. The molecule has 1 aromatic heterocycles. The van der Waals surface area contributed by atoms with Crippen LogP contribution in [0.3, 0.4) is 0 Å². The normalized spacial score (nSPS) is 14.9. The number of thiocarbonyl (C=S) groups is 1. The molecule has 0 saturated heterocycles. The Labute approximate surface area is 162 Å². The van der Waals surface area contributed by atoms with Crippen molar-refractivity contribution in [2.24, 2.45) is 0 Å². The van der Waals surface area contributed by atoms with E-state index in [0.29, 0.717) is 5.11 Å². The minimum Gasteiger partial charge on any atom is -0.459 e. The molecule has 1 atom stereocenters. The number of nitrogens with one attached hydrogen (secondary N) is 1. The maximum absolute atomic E-state index is 14.1. The van der Waals surface area contributed by atoms with Gasteiger partial charge in [-0.25, -0.2) is 8.78 Å². The molecule has 0 spiro atoms. The summed E-state index contributed by atoms with van der Waals surface area (Å²) in [5.74, 6) is -0.325. The van der Waals surface area contributed by atoms with E-state index in [1.54, 1.807) is 0 Å². The molecule has 0 amide bonds. The minimum atomic E-state index is -0.547. The van der Waals surface area contributed by atoms with E-state index in [-0.39, 0.29) is 24.2 Å². The molecule has 1 fully saturated rings. The summed E-state index contributed by atoms with van der Waals surface area (Å²) in [6.45, 7) is 2.07. The van der Waals surface area contributed by atoms with Gasteiger partial charge in [0.05, 0.1) is 12.6 Å². The molecule has 1 N–H and O–H groups in total. The van der Waals surface area contributed by atoms with Gasteiger partial charge in [0.1, 0.15) is 23.0 Å². The maximum Gasteiger partial charge on any atom is 0.170 e. The summed E-state index contributed by atoms with van der Waals surface area (Å²) in [7, 11) is 0. The standard InChI is InChI=1S/C21H20F2N2OS/c1-13(20-11-14-5-2-3-8-19(14)26-20)24-21(27)25(15-9-10-15)12-16-17(22)6-4-7-18(16)23/h2-8,11,13,15H,9-10,12H2,1H3,(H,24,27)/t13-/m0/s1. The van der Waals surface area contributed by atoms with Gasteiger partial charge < -0.3 is 14.6 Å². The Kier molecular flexibility index (Phi) is 4.83. The predicted octanol–water partition coefficient (Wildman–Crippen LogP) is 5.31. The highest BCUT2D eigenvalue weighted by atomic mass is 32.1. The summed E-state index contributed by atoms with van der Waals surface area (Å²) in [6, 6.07) is 13.8. The Morgan fingerprint density at radius 1 is 1.19 bits per heavy atom. The van der Waals surface area contributed by atoms with Crippen LogP contribution >= 0.6 is 12.2 Å². The third-order valence-electron chi connectivity index (χ3n) is 4.85.